The molecule has 0 saturated heterocycles. The average molecular weight is 511 g/mol. The number of pyridine rings is 1. The minimum Gasteiger partial charge on any atom is -0.454 e. The molecule has 0 saturated carbocycles. The molecule has 1 amide bonds. The molecule has 0 fully saturated rings. The molecule has 1 aromatic carbocycles. The van der Waals surface area contributed by atoms with Crippen LogP contribution in [0.1, 0.15) is 17.7 Å². The molecule has 29 heavy (non-hydrogen) atoms. The maximum Gasteiger partial charge on any atom is 0.231 e. The van der Waals surface area contributed by atoms with E-state index in [1.165, 1.54) is 0 Å². The molecule has 1 aliphatic heterocycles. The molecular formula is C20H26IN5O3. The van der Waals surface area contributed by atoms with Crippen molar-refractivity contribution in [2.45, 2.75) is 19.8 Å². The Morgan fingerprint density at radius 3 is 2.72 bits per heavy atom. The second-order valence-electron chi connectivity index (χ2n) is 6.33. The van der Waals surface area contributed by atoms with Crippen molar-refractivity contribution in [1.29, 1.82) is 0 Å². The van der Waals surface area contributed by atoms with E-state index in [-0.39, 0.29) is 36.7 Å². The van der Waals surface area contributed by atoms with Gasteiger partial charge in [-0.15, -0.1) is 24.0 Å². The summed E-state index contributed by atoms with van der Waals surface area (Å²) in [6, 6.07) is 11.5. The summed E-state index contributed by atoms with van der Waals surface area (Å²) < 4.78 is 10.7. The Hall–Kier alpha value is -2.56. The number of fused-ring (bicyclic) bond motifs is 1. The molecule has 0 aliphatic carbocycles. The van der Waals surface area contributed by atoms with E-state index in [4.69, 9.17) is 9.47 Å². The number of anilines is 1. The zero-order chi connectivity index (χ0) is 19.8. The van der Waals surface area contributed by atoms with Crippen LogP contribution in [0.4, 0.5) is 5.82 Å². The highest BCUT2D eigenvalue weighted by Crippen LogP contribution is 2.32. The number of aromatic nitrogens is 1. The van der Waals surface area contributed by atoms with Crippen molar-refractivity contribution >= 4 is 41.7 Å². The molecule has 9 heteroatoms. The number of hydrogen-bond acceptors (Lipinski definition) is 5. The molecule has 1 aromatic heterocycles. The SMILES string of the molecule is CN=C(NCCC(=O)Nc1cccc(C)n1)NCCc1ccc2c(c1)OCO2.I. The number of nitrogens with zero attached hydrogens (tertiary/aromatic N) is 2. The smallest absolute Gasteiger partial charge is 0.231 e. The van der Waals surface area contributed by atoms with Crippen LogP contribution in [0.3, 0.4) is 0 Å². The standard InChI is InChI=1S/C20H25N5O3.HI/c1-14-4-3-5-18(24-14)25-19(26)9-11-23-20(21-2)22-10-8-15-6-7-16-17(12-15)28-13-27-16;/h3-7,12H,8-11,13H2,1-2H3,(H2,21,22,23)(H,24,25,26);1H. The quantitative estimate of drug-likeness (QED) is 0.300. The molecule has 3 rings (SSSR count). The largest absolute Gasteiger partial charge is 0.454 e. The van der Waals surface area contributed by atoms with Crippen LogP contribution in [-0.2, 0) is 11.2 Å². The van der Waals surface area contributed by atoms with Gasteiger partial charge in [-0.25, -0.2) is 4.98 Å². The Kier molecular flexibility index (Phi) is 8.97. The Bertz CT molecular complexity index is 860. The lowest BCUT2D eigenvalue weighted by Gasteiger charge is -2.12. The minimum absolute atomic E-state index is 0. The van der Waals surface area contributed by atoms with Gasteiger partial charge in [0.05, 0.1) is 0 Å². The van der Waals surface area contributed by atoms with Crippen molar-refractivity contribution in [2.75, 3.05) is 32.2 Å². The fourth-order valence-corrected chi connectivity index (χ4v) is 2.75. The highest BCUT2D eigenvalue weighted by atomic mass is 127. The van der Waals surface area contributed by atoms with E-state index in [2.05, 4.69) is 25.9 Å². The Labute approximate surface area is 187 Å². The zero-order valence-electron chi connectivity index (χ0n) is 16.5. The summed E-state index contributed by atoms with van der Waals surface area (Å²) in [5.41, 5.74) is 2.01. The van der Waals surface area contributed by atoms with Crippen molar-refractivity contribution in [2.24, 2.45) is 4.99 Å². The number of aryl methyl sites for hydroxylation is 1. The number of carbonyl (C=O) groups is 1. The number of benzene rings is 1. The third kappa shape index (κ3) is 7.08. The van der Waals surface area contributed by atoms with Gasteiger partial charge >= 0.3 is 0 Å². The molecule has 8 nitrogen and oxygen atoms in total. The van der Waals surface area contributed by atoms with Gasteiger partial charge in [-0.05, 0) is 43.2 Å². The molecule has 0 atom stereocenters. The van der Waals surface area contributed by atoms with E-state index < -0.39 is 0 Å². The van der Waals surface area contributed by atoms with E-state index in [9.17, 15) is 4.79 Å². The third-order valence-corrected chi connectivity index (χ3v) is 4.17. The first-order valence-electron chi connectivity index (χ1n) is 9.20. The van der Waals surface area contributed by atoms with Crippen LogP contribution in [0.2, 0.25) is 0 Å². The first-order chi connectivity index (χ1) is 13.6. The summed E-state index contributed by atoms with van der Waals surface area (Å²) in [7, 11) is 1.70. The fourth-order valence-electron chi connectivity index (χ4n) is 2.75. The summed E-state index contributed by atoms with van der Waals surface area (Å²) in [4.78, 5) is 20.4. The maximum absolute atomic E-state index is 12.0. The van der Waals surface area contributed by atoms with Gasteiger partial charge < -0.3 is 25.4 Å². The van der Waals surface area contributed by atoms with E-state index in [1.54, 1.807) is 13.1 Å². The predicted molar refractivity (Wildman–Crippen MR) is 123 cm³/mol. The van der Waals surface area contributed by atoms with Gasteiger partial charge in [-0.1, -0.05) is 12.1 Å². The number of amides is 1. The monoisotopic (exact) mass is 511 g/mol. The van der Waals surface area contributed by atoms with Gasteiger partial charge in [0.1, 0.15) is 5.82 Å². The van der Waals surface area contributed by atoms with Crippen molar-refractivity contribution in [1.82, 2.24) is 15.6 Å². The maximum atomic E-state index is 12.0. The van der Waals surface area contributed by atoms with Gasteiger partial charge in [0.15, 0.2) is 17.5 Å². The van der Waals surface area contributed by atoms with Gasteiger partial charge in [0.25, 0.3) is 0 Å². The Balaban J connectivity index is 0.00000300. The summed E-state index contributed by atoms with van der Waals surface area (Å²) in [6.07, 6.45) is 1.13. The van der Waals surface area contributed by atoms with Crippen LogP contribution >= 0.6 is 24.0 Å². The van der Waals surface area contributed by atoms with Crippen molar-refractivity contribution in [3.05, 3.63) is 47.7 Å². The van der Waals surface area contributed by atoms with E-state index in [1.807, 2.05) is 37.3 Å². The number of carbonyl (C=O) groups excluding carboxylic acids is 1. The highest BCUT2D eigenvalue weighted by molar-refractivity contribution is 14.0. The first kappa shape index (κ1) is 22.7. The second kappa shape index (κ2) is 11.4. The van der Waals surface area contributed by atoms with E-state index >= 15 is 0 Å². The number of halogens is 1. The van der Waals surface area contributed by atoms with Crippen molar-refractivity contribution in [3.63, 3.8) is 0 Å². The van der Waals surface area contributed by atoms with Crippen LogP contribution in [0.5, 0.6) is 11.5 Å². The van der Waals surface area contributed by atoms with Gasteiger partial charge in [0, 0.05) is 32.3 Å². The molecule has 0 bridgehead atoms. The topological polar surface area (TPSA) is 96.9 Å². The molecule has 0 unspecified atom stereocenters. The summed E-state index contributed by atoms with van der Waals surface area (Å²) in [5, 5.41) is 9.16. The first-order valence-corrected chi connectivity index (χ1v) is 9.20. The number of nitrogens with one attached hydrogen (secondary N) is 3. The Morgan fingerprint density at radius 2 is 1.93 bits per heavy atom. The molecule has 2 heterocycles. The number of ether oxygens (including phenoxy) is 2. The van der Waals surface area contributed by atoms with Crippen molar-refractivity contribution in [3.8, 4) is 11.5 Å². The molecule has 156 valence electrons. The minimum atomic E-state index is -0.0959. The molecule has 2 aromatic rings. The predicted octanol–water partition coefficient (Wildman–Crippen LogP) is 2.47. The normalized spacial score (nSPS) is 12.1. The van der Waals surface area contributed by atoms with E-state index in [0.29, 0.717) is 31.3 Å². The average Bonchev–Trinajstić information content (AvgIpc) is 3.14. The lowest BCUT2D eigenvalue weighted by molar-refractivity contribution is -0.116. The summed E-state index contributed by atoms with van der Waals surface area (Å²) in [5.74, 6) is 2.70. The second-order valence-corrected chi connectivity index (χ2v) is 6.33. The molecular weight excluding hydrogens is 485 g/mol. The van der Waals surface area contributed by atoms with Crippen LogP contribution in [0.15, 0.2) is 41.4 Å². The van der Waals surface area contributed by atoms with Crippen LogP contribution in [-0.4, -0.2) is 43.8 Å². The lowest BCUT2D eigenvalue weighted by Crippen LogP contribution is -2.39. The summed E-state index contributed by atoms with van der Waals surface area (Å²) in [6.45, 7) is 3.34. The molecule has 0 radical (unpaired) electrons. The van der Waals surface area contributed by atoms with Crippen LogP contribution < -0.4 is 25.4 Å². The van der Waals surface area contributed by atoms with Crippen LogP contribution in [0, 0.1) is 6.92 Å². The van der Waals surface area contributed by atoms with Gasteiger partial charge in [0.2, 0.25) is 12.7 Å². The zero-order valence-corrected chi connectivity index (χ0v) is 18.9. The number of hydrogen-bond donors (Lipinski definition) is 3. The fraction of sp³-hybridized carbons (Fsp3) is 0.350. The van der Waals surface area contributed by atoms with Crippen molar-refractivity contribution < 1.29 is 14.3 Å². The summed E-state index contributed by atoms with van der Waals surface area (Å²) >= 11 is 0. The highest BCUT2D eigenvalue weighted by Gasteiger charge is 2.13. The number of aliphatic imine (C=N–C) groups is 1. The molecule has 0 spiro atoms. The molecule has 1 aliphatic rings. The lowest BCUT2D eigenvalue weighted by atomic mass is 10.1. The molecule has 3 N–H and O–H groups in total. The number of rotatable bonds is 7. The number of guanidine groups is 1. The Morgan fingerprint density at radius 1 is 1.14 bits per heavy atom. The van der Waals surface area contributed by atoms with E-state index in [0.717, 1.165) is 29.2 Å². The van der Waals surface area contributed by atoms with Gasteiger partial charge in [-0.2, -0.15) is 0 Å². The third-order valence-electron chi connectivity index (χ3n) is 4.17. The van der Waals surface area contributed by atoms with Crippen LogP contribution in [0.25, 0.3) is 0 Å². The van der Waals surface area contributed by atoms with Gasteiger partial charge in [-0.3, -0.25) is 9.79 Å².